The van der Waals surface area contributed by atoms with E-state index in [9.17, 15) is 14.4 Å². The van der Waals surface area contributed by atoms with Crippen molar-refractivity contribution in [2.75, 3.05) is 16.8 Å². The lowest BCUT2D eigenvalue weighted by atomic mass is 10.1. The van der Waals surface area contributed by atoms with Crippen LogP contribution in [0.3, 0.4) is 0 Å². The maximum atomic E-state index is 13.0. The number of para-hydroxylation sites is 2. The van der Waals surface area contributed by atoms with Crippen LogP contribution in [0.2, 0.25) is 0 Å². The van der Waals surface area contributed by atoms with Gasteiger partial charge >= 0.3 is 0 Å². The molecule has 1 heterocycles. The number of benzene rings is 3. The molecule has 1 N–H and O–H groups in total. The van der Waals surface area contributed by atoms with Gasteiger partial charge in [0.2, 0.25) is 5.91 Å². The standard InChI is InChI=1S/C29H28N4O3/c1-4-32(24-11-7-5-8-12-24)26(34)19-22-15-17-23(18-16-22)30-29(36)28(35)27-20(2)31-33(21(27)3)25-13-9-6-10-14-25/h5-18H,4,19H2,1-3H3,(H,30,36). The minimum Gasteiger partial charge on any atom is -0.319 e. The zero-order chi connectivity index (χ0) is 25.7. The Morgan fingerprint density at radius 2 is 1.47 bits per heavy atom. The average Bonchev–Trinajstić information content (AvgIpc) is 3.19. The average molecular weight is 481 g/mol. The van der Waals surface area contributed by atoms with Crippen LogP contribution in [0.25, 0.3) is 5.69 Å². The molecule has 0 fully saturated rings. The summed E-state index contributed by atoms with van der Waals surface area (Å²) in [5.41, 5.74) is 4.35. The number of carbonyl (C=O) groups excluding carboxylic acids is 3. The molecule has 0 saturated heterocycles. The van der Waals surface area contributed by atoms with E-state index in [2.05, 4.69) is 10.4 Å². The van der Waals surface area contributed by atoms with Crippen molar-refractivity contribution in [1.29, 1.82) is 0 Å². The van der Waals surface area contributed by atoms with Crippen molar-refractivity contribution in [3.8, 4) is 5.69 Å². The number of hydrogen-bond acceptors (Lipinski definition) is 4. The zero-order valence-corrected chi connectivity index (χ0v) is 20.6. The Balaban J connectivity index is 1.43. The summed E-state index contributed by atoms with van der Waals surface area (Å²) in [6.07, 6.45) is 0.229. The summed E-state index contributed by atoms with van der Waals surface area (Å²) >= 11 is 0. The molecule has 182 valence electrons. The molecule has 4 rings (SSSR count). The fraction of sp³-hybridized carbons (Fsp3) is 0.172. The lowest BCUT2D eigenvalue weighted by Gasteiger charge is -2.21. The molecule has 7 heteroatoms. The largest absolute Gasteiger partial charge is 0.319 e. The molecule has 0 atom stereocenters. The van der Waals surface area contributed by atoms with E-state index in [1.165, 1.54) is 0 Å². The molecule has 0 aliphatic rings. The Hall–Kier alpha value is -4.52. The second kappa shape index (κ2) is 10.8. The highest BCUT2D eigenvalue weighted by atomic mass is 16.2. The molecular weight excluding hydrogens is 452 g/mol. The Morgan fingerprint density at radius 1 is 0.861 bits per heavy atom. The molecule has 0 saturated carbocycles. The maximum absolute atomic E-state index is 13.0. The number of ketones is 1. The number of rotatable bonds is 8. The minimum absolute atomic E-state index is 0.0166. The van der Waals surface area contributed by atoms with Crippen molar-refractivity contribution in [3.05, 3.63) is 107 Å². The minimum atomic E-state index is -0.737. The quantitative estimate of drug-likeness (QED) is 0.287. The van der Waals surface area contributed by atoms with Crippen molar-refractivity contribution in [2.45, 2.75) is 27.2 Å². The number of amides is 2. The molecular formula is C29H28N4O3. The number of aryl methyl sites for hydroxylation is 1. The topological polar surface area (TPSA) is 84.3 Å². The molecule has 0 bridgehead atoms. The second-order valence-electron chi connectivity index (χ2n) is 8.42. The van der Waals surface area contributed by atoms with Gasteiger partial charge in [0.05, 0.1) is 29.1 Å². The van der Waals surface area contributed by atoms with Gasteiger partial charge in [0.15, 0.2) is 0 Å². The maximum Gasteiger partial charge on any atom is 0.296 e. The number of carbonyl (C=O) groups is 3. The van der Waals surface area contributed by atoms with Crippen molar-refractivity contribution in [1.82, 2.24) is 9.78 Å². The van der Waals surface area contributed by atoms with Gasteiger partial charge in [-0.25, -0.2) is 4.68 Å². The molecule has 7 nitrogen and oxygen atoms in total. The first-order valence-electron chi connectivity index (χ1n) is 11.8. The fourth-order valence-corrected chi connectivity index (χ4v) is 4.18. The summed E-state index contributed by atoms with van der Waals surface area (Å²) in [5.74, 6) is -1.40. The SMILES string of the molecule is CCN(C(=O)Cc1ccc(NC(=O)C(=O)c2c(C)nn(-c3ccccc3)c2C)cc1)c1ccccc1. The highest BCUT2D eigenvalue weighted by Crippen LogP contribution is 2.20. The van der Waals surface area contributed by atoms with Gasteiger partial charge in [0, 0.05) is 17.9 Å². The van der Waals surface area contributed by atoms with Crippen molar-refractivity contribution in [3.63, 3.8) is 0 Å². The normalized spacial score (nSPS) is 10.6. The first-order chi connectivity index (χ1) is 17.4. The molecule has 0 radical (unpaired) electrons. The first kappa shape index (κ1) is 24.6. The molecule has 1 aromatic heterocycles. The lowest BCUT2D eigenvalue weighted by Crippen LogP contribution is -2.31. The zero-order valence-electron chi connectivity index (χ0n) is 20.6. The van der Waals surface area contributed by atoms with E-state index in [0.29, 0.717) is 29.2 Å². The van der Waals surface area contributed by atoms with Crippen LogP contribution >= 0.6 is 0 Å². The summed E-state index contributed by atoms with van der Waals surface area (Å²) in [7, 11) is 0. The molecule has 36 heavy (non-hydrogen) atoms. The van der Waals surface area contributed by atoms with E-state index < -0.39 is 11.7 Å². The van der Waals surface area contributed by atoms with Crippen LogP contribution in [0, 0.1) is 13.8 Å². The van der Waals surface area contributed by atoms with E-state index in [1.807, 2.05) is 67.6 Å². The van der Waals surface area contributed by atoms with E-state index in [1.54, 1.807) is 47.7 Å². The summed E-state index contributed by atoms with van der Waals surface area (Å²) in [4.78, 5) is 40.3. The van der Waals surface area contributed by atoms with Crippen molar-refractivity contribution in [2.24, 2.45) is 0 Å². The predicted molar refractivity (Wildman–Crippen MR) is 141 cm³/mol. The summed E-state index contributed by atoms with van der Waals surface area (Å²) in [6, 6.07) is 25.9. The molecule has 4 aromatic rings. The molecule has 0 aliphatic heterocycles. The summed E-state index contributed by atoms with van der Waals surface area (Å²) in [6.45, 7) is 5.99. The molecule has 0 aliphatic carbocycles. The Morgan fingerprint density at radius 3 is 2.08 bits per heavy atom. The Kier molecular flexibility index (Phi) is 7.39. The smallest absolute Gasteiger partial charge is 0.296 e. The van der Waals surface area contributed by atoms with Crippen LogP contribution < -0.4 is 10.2 Å². The third-order valence-corrected chi connectivity index (χ3v) is 5.98. The summed E-state index contributed by atoms with van der Waals surface area (Å²) in [5, 5.41) is 7.12. The third kappa shape index (κ3) is 5.25. The van der Waals surface area contributed by atoms with Crippen LogP contribution in [0.1, 0.15) is 34.2 Å². The predicted octanol–water partition coefficient (Wildman–Crippen LogP) is 4.91. The number of aromatic nitrogens is 2. The molecule has 0 spiro atoms. The van der Waals surface area contributed by atoms with Crippen LogP contribution in [-0.4, -0.2) is 33.9 Å². The lowest BCUT2D eigenvalue weighted by molar-refractivity contribution is -0.118. The van der Waals surface area contributed by atoms with Gasteiger partial charge in [-0.15, -0.1) is 0 Å². The van der Waals surface area contributed by atoms with Crippen LogP contribution in [-0.2, 0) is 16.0 Å². The van der Waals surface area contributed by atoms with Crippen LogP contribution in [0.4, 0.5) is 11.4 Å². The monoisotopic (exact) mass is 480 g/mol. The number of nitrogens with one attached hydrogen (secondary N) is 1. The Bertz CT molecular complexity index is 1380. The number of Topliss-reactive ketones (excluding diaryl/α,β-unsaturated/α-hetero) is 1. The van der Waals surface area contributed by atoms with Crippen LogP contribution in [0.15, 0.2) is 84.9 Å². The highest BCUT2D eigenvalue weighted by molar-refractivity contribution is 6.47. The fourth-order valence-electron chi connectivity index (χ4n) is 4.18. The van der Waals surface area contributed by atoms with Gasteiger partial charge in [-0.1, -0.05) is 48.5 Å². The number of likely N-dealkylation sites (N-methyl/N-ethyl adjacent to an activating group) is 1. The van der Waals surface area contributed by atoms with E-state index >= 15 is 0 Å². The van der Waals surface area contributed by atoms with Gasteiger partial charge in [0.25, 0.3) is 11.7 Å². The van der Waals surface area contributed by atoms with Gasteiger partial charge in [-0.3, -0.25) is 14.4 Å². The molecule has 2 amide bonds. The summed E-state index contributed by atoms with van der Waals surface area (Å²) < 4.78 is 1.66. The second-order valence-corrected chi connectivity index (χ2v) is 8.42. The van der Waals surface area contributed by atoms with Gasteiger partial charge in [-0.2, -0.15) is 5.10 Å². The van der Waals surface area contributed by atoms with Crippen LogP contribution in [0.5, 0.6) is 0 Å². The first-order valence-corrected chi connectivity index (χ1v) is 11.8. The van der Waals surface area contributed by atoms with Crippen molar-refractivity contribution < 1.29 is 14.4 Å². The highest BCUT2D eigenvalue weighted by Gasteiger charge is 2.25. The van der Waals surface area contributed by atoms with Gasteiger partial charge < -0.3 is 10.2 Å². The van der Waals surface area contributed by atoms with Gasteiger partial charge in [0.1, 0.15) is 0 Å². The Labute approximate surface area is 210 Å². The van der Waals surface area contributed by atoms with E-state index in [-0.39, 0.29) is 12.3 Å². The number of anilines is 2. The molecule has 3 aromatic carbocycles. The molecule has 0 unspecified atom stereocenters. The number of nitrogens with zero attached hydrogens (tertiary/aromatic N) is 3. The van der Waals surface area contributed by atoms with E-state index in [4.69, 9.17) is 0 Å². The van der Waals surface area contributed by atoms with E-state index in [0.717, 1.165) is 16.9 Å². The van der Waals surface area contributed by atoms with Gasteiger partial charge in [-0.05, 0) is 62.7 Å². The number of hydrogen-bond donors (Lipinski definition) is 1. The third-order valence-electron chi connectivity index (χ3n) is 5.98. The van der Waals surface area contributed by atoms with Crippen molar-refractivity contribution >= 4 is 29.0 Å².